The molecule has 0 saturated carbocycles. The lowest BCUT2D eigenvalue weighted by Crippen LogP contribution is -2.70. The van der Waals surface area contributed by atoms with Gasteiger partial charge < -0.3 is 31.0 Å². The van der Waals surface area contributed by atoms with E-state index in [4.69, 9.17) is 16.3 Å². The minimum Gasteiger partial charge on any atom is -0.480 e. The minimum atomic E-state index is -1.75. The summed E-state index contributed by atoms with van der Waals surface area (Å²) >= 11 is 2.19. The average Bonchev–Trinajstić information content (AvgIpc) is 3.54. The van der Waals surface area contributed by atoms with Crippen molar-refractivity contribution in [1.82, 2.24) is 25.2 Å². The number of aliphatic carboxylic acids is 2. The molecule has 0 bridgehead atoms. The Kier molecular flexibility index (Phi) is 6.58. The lowest BCUT2D eigenvalue weighted by atomic mass is 10.0. The van der Waals surface area contributed by atoms with E-state index in [1.807, 2.05) is 0 Å². The fourth-order valence-electron chi connectivity index (χ4n) is 3.44. The number of nitrogens with one attached hydrogen (secondary N) is 2. The zero-order chi connectivity index (χ0) is 26.4. The molecular formula is C18H22N9O7S2+. The van der Waals surface area contributed by atoms with Crippen molar-refractivity contribution in [3.8, 4) is 0 Å². The number of amides is 2. The first-order chi connectivity index (χ1) is 16.9. The summed E-state index contributed by atoms with van der Waals surface area (Å²) in [4.78, 5) is 58.3. The largest absolute Gasteiger partial charge is 0.480 e. The van der Waals surface area contributed by atoms with Crippen molar-refractivity contribution in [1.29, 1.82) is 0 Å². The number of hydrogen-bond donors (Lipinski definition) is 5. The van der Waals surface area contributed by atoms with Crippen LogP contribution < -0.4 is 21.8 Å². The molecular weight excluding hydrogens is 518 g/mol. The number of thioether (sulfide) groups is 1. The number of anilines is 1. The summed E-state index contributed by atoms with van der Waals surface area (Å²) < 4.78 is 1.33. The SMILES string of the molecule is CC(C)(ON=C(C(=O)NC1C(=O)N2C(C(=O)O)C(n3cc(CN)nn3)S[C@H]12)c1csc(N)[nH+]1)C(=O)O. The highest BCUT2D eigenvalue weighted by molar-refractivity contribution is 8.00. The number of hydrogen-bond acceptors (Lipinski definition) is 12. The monoisotopic (exact) mass is 540 g/mol. The van der Waals surface area contributed by atoms with Crippen molar-refractivity contribution in [2.24, 2.45) is 10.9 Å². The Hall–Kier alpha value is -3.77. The number of oxime groups is 1. The van der Waals surface area contributed by atoms with E-state index in [2.05, 4.69) is 25.8 Å². The zero-order valence-corrected chi connectivity index (χ0v) is 20.4. The van der Waals surface area contributed by atoms with Crippen LogP contribution >= 0.6 is 23.1 Å². The molecule has 4 atom stereocenters. The molecule has 2 amide bonds. The number of carboxylic acids is 2. The molecule has 2 saturated heterocycles. The molecule has 18 heteroatoms. The summed E-state index contributed by atoms with van der Waals surface area (Å²) in [7, 11) is 0. The van der Waals surface area contributed by atoms with Gasteiger partial charge in [0.25, 0.3) is 5.91 Å². The molecule has 2 fully saturated rings. The normalized spacial score (nSPS) is 23.7. The van der Waals surface area contributed by atoms with Crippen LogP contribution in [0.25, 0.3) is 0 Å². The molecule has 2 aromatic heterocycles. The van der Waals surface area contributed by atoms with Crippen LogP contribution in [0.2, 0.25) is 0 Å². The second-order valence-electron chi connectivity index (χ2n) is 8.28. The van der Waals surface area contributed by atoms with Gasteiger partial charge in [-0.15, -0.1) is 16.9 Å². The van der Waals surface area contributed by atoms with Gasteiger partial charge in [-0.2, -0.15) is 0 Å². The van der Waals surface area contributed by atoms with E-state index in [9.17, 15) is 29.4 Å². The van der Waals surface area contributed by atoms with Crippen LogP contribution in [0, 0.1) is 0 Å². The number of β-lactam (4-membered cyclic amide) rings is 1. The summed E-state index contributed by atoms with van der Waals surface area (Å²) in [5.74, 6) is -4.03. The number of rotatable bonds is 9. The zero-order valence-electron chi connectivity index (χ0n) is 18.8. The summed E-state index contributed by atoms with van der Waals surface area (Å²) in [6.45, 7) is 2.59. The number of aromatic amines is 1. The van der Waals surface area contributed by atoms with Crippen LogP contribution in [0.4, 0.5) is 5.13 Å². The Morgan fingerprint density at radius 1 is 1.33 bits per heavy atom. The fourth-order valence-corrected chi connectivity index (χ4v) is 5.65. The smallest absolute Gasteiger partial charge is 0.350 e. The van der Waals surface area contributed by atoms with Crippen molar-refractivity contribution in [3.63, 3.8) is 0 Å². The number of carboxylic acid groups (broad SMARTS) is 2. The van der Waals surface area contributed by atoms with Gasteiger partial charge in [-0.3, -0.25) is 15.3 Å². The quantitative estimate of drug-likeness (QED) is 0.130. The Labute approximate surface area is 210 Å². The first-order valence-electron chi connectivity index (χ1n) is 10.3. The van der Waals surface area contributed by atoms with Gasteiger partial charge in [0.2, 0.25) is 17.2 Å². The van der Waals surface area contributed by atoms with Crippen LogP contribution in [0.15, 0.2) is 16.7 Å². The maximum atomic E-state index is 13.1. The molecule has 0 aromatic carbocycles. The molecule has 0 radical (unpaired) electrons. The summed E-state index contributed by atoms with van der Waals surface area (Å²) in [6, 6.07) is -2.33. The Morgan fingerprint density at radius 2 is 2.06 bits per heavy atom. The number of nitrogens with two attached hydrogens (primary N) is 2. The highest BCUT2D eigenvalue weighted by atomic mass is 32.2. The van der Waals surface area contributed by atoms with Crippen molar-refractivity contribution in [2.75, 3.05) is 5.73 Å². The third kappa shape index (κ3) is 4.44. The minimum absolute atomic E-state index is 0.104. The molecule has 0 spiro atoms. The van der Waals surface area contributed by atoms with Gasteiger partial charge in [-0.25, -0.2) is 19.3 Å². The third-order valence-corrected chi connectivity index (χ3v) is 7.65. The molecule has 8 N–H and O–H groups in total. The van der Waals surface area contributed by atoms with Gasteiger partial charge in [0.1, 0.15) is 16.8 Å². The summed E-state index contributed by atoms with van der Waals surface area (Å²) in [5, 5.41) is 33.3. The second kappa shape index (κ2) is 9.36. The average molecular weight is 541 g/mol. The van der Waals surface area contributed by atoms with E-state index in [0.29, 0.717) is 5.69 Å². The summed E-state index contributed by atoms with van der Waals surface area (Å²) in [5.41, 5.74) is 9.74. The predicted molar refractivity (Wildman–Crippen MR) is 123 cm³/mol. The number of carbonyl (C=O) groups excluding carboxylic acids is 2. The molecule has 2 aliphatic rings. The molecule has 16 nitrogen and oxygen atoms in total. The van der Waals surface area contributed by atoms with Crippen LogP contribution in [-0.2, 0) is 30.6 Å². The van der Waals surface area contributed by atoms with Gasteiger partial charge in [-0.05, 0) is 13.8 Å². The summed E-state index contributed by atoms with van der Waals surface area (Å²) in [6.07, 6.45) is 1.50. The van der Waals surface area contributed by atoms with Crippen molar-refractivity contribution >= 4 is 57.7 Å². The van der Waals surface area contributed by atoms with Crippen molar-refractivity contribution in [3.05, 3.63) is 23.0 Å². The molecule has 0 aliphatic carbocycles. The Morgan fingerprint density at radius 3 is 2.61 bits per heavy atom. The lowest BCUT2D eigenvalue weighted by Gasteiger charge is -2.43. The molecule has 4 rings (SSSR count). The second-order valence-corrected chi connectivity index (χ2v) is 10.4. The van der Waals surface area contributed by atoms with Gasteiger partial charge in [0, 0.05) is 11.9 Å². The number of fused-ring (bicyclic) bond motifs is 1. The van der Waals surface area contributed by atoms with Crippen molar-refractivity contribution in [2.45, 2.75) is 48.8 Å². The molecule has 2 aliphatic heterocycles. The highest BCUT2D eigenvalue weighted by Gasteiger charge is 2.62. The first-order valence-corrected chi connectivity index (χ1v) is 12.1. The van der Waals surface area contributed by atoms with Crippen LogP contribution in [-0.4, -0.2) is 82.6 Å². The van der Waals surface area contributed by atoms with Gasteiger partial charge in [0.05, 0.1) is 11.9 Å². The predicted octanol–water partition coefficient (Wildman–Crippen LogP) is -2.17. The number of aromatic nitrogens is 4. The number of nitrogen functional groups attached to an aromatic ring is 1. The topological polar surface area (TPSA) is 242 Å². The number of nitrogens with zero attached hydrogens (tertiary/aromatic N) is 5. The van der Waals surface area contributed by atoms with Crippen LogP contribution in [0.5, 0.6) is 0 Å². The van der Waals surface area contributed by atoms with E-state index in [-0.39, 0.29) is 23.1 Å². The van der Waals surface area contributed by atoms with Gasteiger partial charge in [0.15, 0.2) is 11.7 Å². The highest BCUT2D eigenvalue weighted by Crippen LogP contribution is 2.49. The van der Waals surface area contributed by atoms with E-state index < -0.39 is 52.2 Å². The number of thiazole rings is 1. The third-order valence-electron chi connectivity index (χ3n) is 5.41. The number of H-pyrrole nitrogens is 1. The van der Waals surface area contributed by atoms with E-state index in [1.54, 1.807) is 0 Å². The van der Waals surface area contributed by atoms with Crippen LogP contribution in [0.1, 0.15) is 30.6 Å². The van der Waals surface area contributed by atoms with Gasteiger partial charge in [-0.1, -0.05) is 21.7 Å². The van der Waals surface area contributed by atoms with Crippen molar-refractivity contribution < 1.29 is 39.2 Å². The maximum absolute atomic E-state index is 13.1. The standard InChI is InChI=1S/C18H21N9O7S2/c1-18(2,16(32)33)34-24-8(7-5-35-17(20)21-7)11(28)22-9-12(29)27-10(15(30)31)14(36-13(9)27)26-4-6(3-19)23-25-26/h4-5,9-10,13-14H,3,19H2,1-2H3,(H2,20,21)(H,22,28)(H,30,31)(H,32,33)/p+1/t9?,10?,13-,14?/m1/s1. The molecule has 4 heterocycles. The Balaban J connectivity index is 1.56. The molecule has 2 aromatic rings. The van der Waals surface area contributed by atoms with Crippen LogP contribution in [0.3, 0.4) is 0 Å². The number of carbonyl (C=O) groups is 4. The first kappa shape index (κ1) is 25.3. The van der Waals surface area contributed by atoms with E-state index in [1.165, 1.54) is 30.1 Å². The van der Waals surface area contributed by atoms with E-state index >= 15 is 0 Å². The maximum Gasteiger partial charge on any atom is 0.350 e. The fraction of sp³-hybridized carbons (Fsp3) is 0.444. The van der Waals surface area contributed by atoms with Gasteiger partial charge >= 0.3 is 17.1 Å². The Bertz CT molecular complexity index is 1260. The molecule has 3 unspecified atom stereocenters. The van der Waals surface area contributed by atoms with E-state index in [0.717, 1.165) is 28.0 Å². The molecule has 36 heavy (non-hydrogen) atoms. The molecule has 192 valence electrons. The lowest BCUT2D eigenvalue weighted by molar-refractivity contribution is -0.356.